The molecule has 0 atom stereocenters. The highest BCUT2D eigenvalue weighted by Crippen LogP contribution is 2.24. The Labute approximate surface area is 95.2 Å². The molecule has 82 valence electrons. The summed E-state index contributed by atoms with van der Waals surface area (Å²) in [5.41, 5.74) is -0.221. The predicted molar refractivity (Wildman–Crippen MR) is 62.6 cm³/mol. The van der Waals surface area contributed by atoms with Crippen molar-refractivity contribution in [1.82, 2.24) is 4.90 Å². The summed E-state index contributed by atoms with van der Waals surface area (Å²) in [6.45, 7) is 7.85. The molecule has 0 saturated carbocycles. The van der Waals surface area contributed by atoms with Gasteiger partial charge in [0.15, 0.2) is 0 Å². The van der Waals surface area contributed by atoms with Crippen molar-refractivity contribution in [3.63, 3.8) is 0 Å². The third kappa shape index (κ3) is 2.97. The van der Waals surface area contributed by atoms with Gasteiger partial charge in [0.1, 0.15) is 0 Å². The molecular weight excluding hydrogens is 242 g/mol. The monoisotopic (exact) mass is 261 g/mol. The van der Waals surface area contributed by atoms with E-state index < -0.39 is 0 Å². The summed E-state index contributed by atoms with van der Waals surface area (Å²) in [4.78, 5) is 13.9. The van der Waals surface area contributed by atoms with Crippen molar-refractivity contribution in [1.29, 1.82) is 0 Å². The van der Waals surface area contributed by atoms with Crippen LogP contribution in [0.5, 0.6) is 0 Å². The topological polar surface area (TPSA) is 20.3 Å². The van der Waals surface area contributed by atoms with Crippen molar-refractivity contribution < 1.29 is 4.79 Å². The molecule has 0 unspecified atom stereocenters. The first-order valence-corrected chi connectivity index (χ1v) is 6.42. The number of piperidine rings is 1. The number of carbonyl (C=O) groups is 1. The van der Waals surface area contributed by atoms with E-state index in [1.54, 1.807) is 0 Å². The lowest BCUT2D eigenvalue weighted by Crippen LogP contribution is -2.44. The number of hydrogen-bond acceptors (Lipinski definition) is 1. The fraction of sp³-hybridized carbons (Fsp3) is 0.909. The van der Waals surface area contributed by atoms with Crippen LogP contribution >= 0.6 is 15.9 Å². The van der Waals surface area contributed by atoms with Crippen LogP contribution in [0.15, 0.2) is 0 Å². The van der Waals surface area contributed by atoms with Gasteiger partial charge in [0, 0.05) is 23.8 Å². The smallest absolute Gasteiger partial charge is 0.227 e. The molecule has 0 spiro atoms. The van der Waals surface area contributed by atoms with Crippen LogP contribution in [0.25, 0.3) is 0 Å². The molecule has 1 aliphatic heterocycles. The Bertz CT molecular complexity index is 202. The van der Waals surface area contributed by atoms with E-state index in [1.165, 1.54) is 0 Å². The average Bonchev–Trinajstić information content (AvgIpc) is 2.15. The van der Waals surface area contributed by atoms with Crippen molar-refractivity contribution in [3.05, 3.63) is 0 Å². The second kappa shape index (κ2) is 4.65. The fourth-order valence-electron chi connectivity index (χ4n) is 1.76. The summed E-state index contributed by atoms with van der Waals surface area (Å²) in [6, 6.07) is 0. The van der Waals surface area contributed by atoms with Gasteiger partial charge in [-0.15, -0.1) is 0 Å². The van der Waals surface area contributed by atoms with Gasteiger partial charge >= 0.3 is 0 Å². The summed E-state index contributed by atoms with van der Waals surface area (Å²) in [5.74, 6) is 1.06. The third-order valence-corrected chi connectivity index (χ3v) is 3.68. The molecule has 0 radical (unpaired) electrons. The Morgan fingerprint density at radius 1 is 1.36 bits per heavy atom. The van der Waals surface area contributed by atoms with Gasteiger partial charge in [0.2, 0.25) is 5.91 Å². The third-order valence-electron chi connectivity index (χ3n) is 2.76. The van der Waals surface area contributed by atoms with Crippen LogP contribution in [-0.2, 0) is 4.79 Å². The van der Waals surface area contributed by atoms with Crippen LogP contribution in [0.4, 0.5) is 0 Å². The number of halogens is 1. The molecule has 1 fully saturated rings. The van der Waals surface area contributed by atoms with Gasteiger partial charge in [-0.05, 0) is 18.8 Å². The second-order valence-electron chi connectivity index (χ2n) is 5.14. The number of rotatable bonds is 1. The Hall–Kier alpha value is -0.0500. The van der Waals surface area contributed by atoms with Crippen LogP contribution in [0.3, 0.4) is 0 Å². The maximum Gasteiger partial charge on any atom is 0.227 e. The second-order valence-corrected chi connectivity index (χ2v) is 5.79. The lowest BCUT2D eigenvalue weighted by molar-refractivity contribution is -0.140. The Morgan fingerprint density at radius 2 is 1.86 bits per heavy atom. The predicted octanol–water partition coefficient (Wildman–Crippen LogP) is 2.67. The van der Waals surface area contributed by atoms with Crippen LogP contribution < -0.4 is 0 Å². The number of alkyl halides is 1. The van der Waals surface area contributed by atoms with Gasteiger partial charge in [-0.3, -0.25) is 4.79 Å². The molecule has 14 heavy (non-hydrogen) atoms. The number of hydrogen-bond donors (Lipinski definition) is 0. The average molecular weight is 262 g/mol. The lowest BCUT2D eigenvalue weighted by Gasteiger charge is -2.35. The minimum Gasteiger partial charge on any atom is -0.342 e. The molecule has 1 rings (SSSR count). The standard InChI is InChI=1S/C11H20BrNO/c1-11(2,3)10(14)13-6-4-9(8-12)5-7-13/h9H,4-8H2,1-3H3. The van der Waals surface area contributed by atoms with E-state index in [9.17, 15) is 4.79 Å². The largest absolute Gasteiger partial charge is 0.342 e. The summed E-state index contributed by atoms with van der Waals surface area (Å²) in [5, 5.41) is 1.07. The van der Waals surface area contributed by atoms with Crippen molar-refractivity contribution in [2.24, 2.45) is 11.3 Å². The fourth-order valence-corrected chi connectivity index (χ4v) is 2.41. The van der Waals surface area contributed by atoms with Crippen molar-refractivity contribution in [2.75, 3.05) is 18.4 Å². The number of likely N-dealkylation sites (tertiary alicyclic amines) is 1. The molecule has 0 N–H and O–H groups in total. The van der Waals surface area contributed by atoms with Crippen LogP contribution in [0.1, 0.15) is 33.6 Å². The molecule has 0 aromatic rings. The Kier molecular flexibility index (Phi) is 3.99. The summed E-state index contributed by atoms with van der Waals surface area (Å²) < 4.78 is 0. The number of nitrogens with zero attached hydrogens (tertiary/aromatic N) is 1. The first-order chi connectivity index (χ1) is 6.45. The maximum absolute atomic E-state index is 11.9. The molecule has 1 aliphatic rings. The lowest BCUT2D eigenvalue weighted by atomic mass is 9.92. The highest BCUT2D eigenvalue weighted by atomic mass is 79.9. The maximum atomic E-state index is 11.9. The van der Waals surface area contributed by atoms with Gasteiger partial charge in [-0.2, -0.15) is 0 Å². The van der Waals surface area contributed by atoms with E-state index >= 15 is 0 Å². The molecule has 0 aromatic heterocycles. The summed E-state index contributed by atoms with van der Waals surface area (Å²) in [7, 11) is 0. The normalized spacial score (nSPS) is 19.9. The van der Waals surface area contributed by atoms with Crippen LogP contribution in [-0.4, -0.2) is 29.2 Å². The first kappa shape index (κ1) is 12.0. The molecule has 1 heterocycles. The highest BCUT2D eigenvalue weighted by molar-refractivity contribution is 9.09. The molecule has 2 nitrogen and oxygen atoms in total. The number of amides is 1. The van der Waals surface area contributed by atoms with Crippen LogP contribution in [0.2, 0.25) is 0 Å². The molecule has 0 aromatic carbocycles. The molecule has 0 bridgehead atoms. The van der Waals surface area contributed by atoms with Crippen LogP contribution in [0, 0.1) is 11.3 Å². The molecule has 1 amide bonds. The first-order valence-electron chi connectivity index (χ1n) is 5.30. The summed E-state index contributed by atoms with van der Waals surface area (Å²) >= 11 is 3.50. The Balaban J connectivity index is 2.46. The van der Waals surface area contributed by atoms with Crippen molar-refractivity contribution in [2.45, 2.75) is 33.6 Å². The SMILES string of the molecule is CC(C)(C)C(=O)N1CCC(CBr)CC1. The van der Waals surface area contributed by atoms with E-state index in [0.717, 1.165) is 37.2 Å². The molecule has 0 aliphatic carbocycles. The van der Waals surface area contributed by atoms with Crippen molar-refractivity contribution in [3.8, 4) is 0 Å². The van der Waals surface area contributed by atoms with Gasteiger partial charge in [0.25, 0.3) is 0 Å². The van der Waals surface area contributed by atoms with Crippen molar-refractivity contribution >= 4 is 21.8 Å². The molecule has 1 saturated heterocycles. The summed E-state index contributed by atoms with van der Waals surface area (Å²) in [6.07, 6.45) is 2.29. The zero-order valence-electron chi connectivity index (χ0n) is 9.35. The zero-order valence-corrected chi connectivity index (χ0v) is 10.9. The minimum absolute atomic E-state index is 0.221. The molecule has 3 heteroatoms. The van der Waals surface area contributed by atoms with E-state index in [-0.39, 0.29) is 5.41 Å². The van der Waals surface area contributed by atoms with Gasteiger partial charge in [-0.25, -0.2) is 0 Å². The zero-order chi connectivity index (χ0) is 10.8. The van der Waals surface area contributed by atoms with E-state index in [1.807, 2.05) is 25.7 Å². The Morgan fingerprint density at radius 3 is 2.21 bits per heavy atom. The van der Waals surface area contributed by atoms with E-state index in [4.69, 9.17) is 0 Å². The highest BCUT2D eigenvalue weighted by Gasteiger charge is 2.29. The van der Waals surface area contributed by atoms with E-state index in [0.29, 0.717) is 5.91 Å². The minimum atomic E-state index is -0.221. The van der Waals surface area contributed by atoms with Gasteiger partial charge in [-0.1, -0.05) is 36.7 Å². The van der Waals surface area contributed by atoms with Gasteiger partial charge < -0.3 is 4.90 Å². The quantitative estimate of drug-likeness (QED) is 0.665. The van der Waals surface area contributed by atoms with E-state index in [2.05, 4.69) is 15.9 Å². The molecular formula is C11H20BrNO. The number of carbonyl (C=O) groups excluding carboxylic acids is 1. The van der Waals surface area contributed by atoms with Gasteiger partial charge in [0.05, 0.1) is 0 Å².